The van der Waals surface area contributed by atoms with Gasteiger partial charge >= 0.3 is 0 Å². The predicted octanol–water partition coefficient (Wildman–Crippen LogP) is 2.21. The van der Waals surface area contributed by atoms with Crippen LogP contribution in [0, 0.1) is 5.92 Å². The fourth-order valence-electron chi connectivity index (χ4n) is 4.10. The molecule has 0 saturated carbocycles. The maximum absolute atomic E-state index is 13.3. The Bertz CT molecular complexity index is 1030. The van der Waals surface area contributed by atoms with Gasteiger partial charge in [0.25, 0.3) is 0 Å². The first kappa shape index (κ1) is 27.3. The van der Waals surface area contributed by atoms with E-state index < -0.39 is 9.84 Å². The molecule has 0 bridgehead atoms. The van der Waals surface area contributed by atoms with Crippen LogP contribution in [0.4, 0.5) is 0 Å². The Labute approximate surface area is 208 Å². The SMILES string of the molecule is COCCn1c(CN(CCN2CCOCC2)C(=O)CC(C)C)cnc1S(=O)(=O)Cc1ccccc1. The molecule has 1 fully saturated rings. The zero-order chi connectivity index (χ0) is 25.3. The minimum Gasteiger partial charge on any atom is -0.383 e. The van der Waals surface area contributed by atoms with Gasteiger partial charge in [-0.05, 0) is 11.5 Å². The monoisotopic (exact) mass is 506 g/mol. The van der Waals surface area contributed by atoms with Crippen LogP contribution in [0.5, 0.6) is 0 Å². The molecule has 1 aliphatic rings. The molecule has 9 nitrogen and oxygen atoms in total. The van der Waals surface area contributed by atoms with Gasteiger partial charge in [-0.25, -0.2) is 13.4 Å². The summed E-state index contributed by atoms with van der Waals surface area (Å²) in [6.07, 6.45) is 2.02. The number of imidazole rings is 1. The number of morpholine rings is 1. The van der Waals surface area contributed by atoms with Crippen LogP contribution < -0.4 is 0 Å². The van der Waals surface area contributed by atoms with E-state index in [0.29, 0.717) is 57.1 Å². The molecule has 35 heavy (non-hydrogen) atoms. The van der Waals surface area contributed by atoms with Crippen LogP contribution in [0.1, 0.15) is 31.5 Å². The van der Waals surface area contributed by atoms with Crippen molar-refractivity contribution in [2.75, 3.05) is 53.1 Å². The smallest absolute Gasteiger partial charge is 0.228 e. The average Bonchev–Trinajstić information content (AvgIpc) is 3.24. The molecule has 1 saturated heterocycles. The fraction of sp³-hybridized carbons (Fsp3) is 0.600. The van der Waals surface area contributed by atoms with Crippen molar-refractivity contribution >= 4 is 15.7 Å². The maximum Gasteiger partial charge on any atom is 0.228 e. The quantitative estimate of drug-likeness (QED) is 0.411. The number of hydrogen-bond donors (Lipinski definition) is 0. The molecule has 1 aromatic heterocycles. The lowest BCUT2D eigenvalue weighted by molar-refractivity contribution is -0.133. The van der Waals surface area contributed by atoms with Crippen LogP contribution in [-0.2, 0) is 42.9 Å². The number of methoxy groups -OCH3 is 1. The number of benzene rings is 1. The van der Waals surface area contributed by atoms with E-state index >= 15 is 0 Å². The fourth-order valence-corrected chi connectivity index (χ4v) is 5.62. The summed E-state index contributed by atoms with van der Waals surface area (Å²) < 4.78 is 38.9. The number of carbonyl (C=O) groups excluding carboxylic acids is 1. The molecule has 1 aliphatic heterocycles. The van der Waals surface area contributed by atoms with Gasteiger partial charge in [0.05, 0.1) is 44.0 Å². The Hall–Kier alpha value is -2.27. The Kier molecular flexibility index (Phi) is 10.3. The third-order valence-corrected chi connectivity index (χ3v) is 7.57. The number of sulfone groups is 1. The highest BCUT2D eigenvalue weighted by Crippen LogP contribution is 2.19. The van der Waals surface area contributed by atoms with Crippen molar-refractivity contribution in [1.29, 1.82) is 0 Å². The highest BCUT2D eigenvalue weighted by atomic mass is 32.2. The van der Waals surface area contributed by atoms with E-state index in [9.17, 15) is 13.2 Å². The van der Waals surface area contributed by atoms with Crippen LogP contribution in [0.3, 0.4) is 0 Å². The summed E-state index contributed by atoms with van der Waals surface area (Å²) in [5.74, 6) is 0.152. The first-order valence-electron chi connectivity index (χ1n) is 12.2. The summed E-state index contributed by atoms with van der Waals surface area (Å²) in [4.78, 5) is 21.5. The summed E-state index contributed by atoms with van der Waals surface area (Å²) in [6, 6.07) is 9.08. The maximum atomic E-state index is 13.3. The minimum absolute atomic E-state index is 0.0119. The summed E-state index contributed by atoms with van der Waals surface area (Å²) in [5.41, 5.74) is 1.39. The molecule has 0 radical (unpaired) electrons. The second-order valence-electron chi connectivity index (χ2n) is 9.29. The first-order chi connectivity index (χ1) is 16.8. The van der Waals surface area contributed by atoms with Gasteiger partial charge in [-0.3, -0.25) is 9.69 Å². The molecule has 2 heterocycles. The standard InChI is InChI=1S/C25H38N4O5S/c1-21(2)17-24(30)28(10-9-27-11-15-34-16-12-27)19-23-18-26-25(29(23)13-14-33-3)35(31,32)20-22-7-5-4-6-8-22/h4-8,18,21H,9-17,19-20H2,1-3H3. The van der Waals surface area contributed by atoms with E-state index in [1.54, 1.807) is 30.0 Å². The summed E-state index contributed by atoms with van der Waals surface area (Å²) >= 11 is 0. The molecule has 194 valence electrons. The van der Waals surface area contributed by atoms with Crippen molar-refractivity contribution in [2.24, 2.45) is 5.92 Å². The van der Waals surface area contributed by atoms with E-state index in [4.69, 9.17) is 9.47 Å². The minimum atomic E-state index is -3.69. The zero-order valence-electron chi connectivity index (χ0n) is 21.1. The average molecular weight is 507 g/mol. The van der Waals surface area contributed by atoms with E-state index in [1.165, 1.54) is 0 Å². The molecule has 1 amide bonds. The first-order valence-corrected chi connectivity index (χ1v) is 13.8. The van der Waals surface area contributed by atoms with Crippen LogP contribution in [0.2, 0.25) is 0 Å². The van der Waals surface area contributed by atoms with Crippen LogP contribution >= 0.6 is 0 Å². The molecular weight excluding hydrogens is 468 g/mol. The molecule has 0 N–H and O–H groups in total. The van der Waals surface area contributed by atoms with Crippen LogP contribution in [-0.4, -0.2) is 86.8 Å². The van der Waals surface area contributed by atoms with Crippen molar-refractivity contribution in [3.63, 3.8) is 0 Å². The topological polar surface area (TPSA) is 94.0 Å². The lowest BCUT2D eigenvalue weighted by atomic mass is 10.1. The van der Waals surface area contributed by atoms with Gasteiger partial charge in [0.2, 0.25) is 20.9 Å². The van der Waals surface area contributed by atoms with Crippen molar-refractivity contribution in [1.82, 2.24) is 19.4 Å². The van der Waals surface area contributed by atoms with Gasteiger partial charge < -0.3 is 18.9 Å². The molecule has 0 unspecified atom stereocenters. The molecule has 0 atom stereocenters. The Balaban J connectivity index is 1.83. The number of nitrogens with zero attached hydrogens (tertiary/aromatic N) is 4. The van der Waals surface area contributed by atoms with Gasteiger partial charge in [0.15, 0.2) is 0 Å². The van der Waals surface area contributed by atoms with Crippen LogP contribution in [0.25, 0.3) is 0 Å². The lowest BCUT2D eigenvalue weighted by Crippen LogP contribution is -2.43. The predicted molar refractivity (Wildman–Crippen MR) is 134 cm³/mol. The number of ether oxygens (including phenoxy) is 2. The van der Waals surface area contributed by atoms with Gasteiger partial charge in [-0.15, -0.1) is 0 Å². The largest absolute Gasteiger partial charge is 0.383 e. The summed E-state index contributed by atoms with van der Waals surface area (Å²) in [6.45, 7) is 9.43. The van der Waals surface area contributed by atoms with Crippen molar-refractivity contribution < 1.29 is 22.7 Å². The molecule has 0 aliphatic carbocycles. The molecule has 3 rings (SSSR count). The molecule has 2 aromatic rings. The Morgan fingerprint density at radius 2 is 1.89 bits per heavy atom. The summed E-state index contributed by atoms with van der Waals surface area (Å²) in [5, 5.41) is 0.0119. The second kappa shape index (κ2) is 13.2. The molecule has 10 heteroatoms. The summed E-state index contributed by atoms with van der Waals surface area (Å²) in [7, 11) is -2.11. The van der Waals surface area contributed by atoms with Crippen molar-refractivity contribution in [3.05, 3.63) is 47.8 Å². The highest BCUT2D eigenvalue weighted by molar-refractivity contribution is 7.90. The van der Waals surface area contributed by atoms with E-state index in [-0.39, 0.29) is 22.7 Å². The van der Waals surface area contributed by atoms with Gasteiger partial charge in [-0.1, -0.05) is 44.2 Å². The van der Waals surface area contributed by atoms with E-state index in [0.717, 1.165) is 19.6 Å². The van der Waals surface area contributed by atoms with Gasteiger partial charge in [-0.2, -0.15) is 0 Å². The normalized spacial score (nSPS) is 15.0. The van der Waals surface area contributed by atoms with Crippen molar-refractivity contribution in [2.45, 2.75) is 44.3 Å². The van der Waals surface area contributed by atoms with Gasteiger partial charge in [0, 0.05) is 46.3 Å². The second-order valence-corrected chi connectivity index (χ2v) is 11.2. The number of rotatable bonds is 13. The highest BCUT2D eigenvalue weighted by Gasteiger charge is 2.26. The van der Waals surface area contributed by atoms with Crippen molar-refractivity contribution in [3.8, 4) is 0 Å². The van der Waals surface area contributed by atoms with E-state index in [2.05, 4.69) is 9.88 Å². The number of hydrogen-bond acceptors (Lipinski definition) is 7. The number of amides is 1. The Morgan fingerprint density at radius 1 is 1.17 bits per heavy atom. The third-order valence-electron chi connectivity index (χ3n) is 5.98. The van der Waals surface area contributed by atoms with Crippen LogP contribution in [0.15, 0.2) is 41.7 Å². The third kappa shape index (κ3) is 8.13. The molecular formula is C25H38N4O5S. The van der Waals surface area contributed by atoms with E-state index in [1.807, 2.05) is 36.9 Å². The number of aromatic nitrogens is 2. The number of carbonyl (C=O) groups is 1. The molecule has 1 aromatic carbocycles. The molecule has 0 spiro atoms. The Morgan fingerprint density at radius 3 is 2.54 bits per heavy atom. The lowest BCUT2D eigenvalue weighted by Gasteiger charge is -2.30. The van der Waals surface area contributed by atoms with Gasteiger partial charge in [0.1, 0.15) is 0 Å². The zero-order valence-corrected chi connectivity index (χ0v) is 21.9.